The molecule has 0 amide bonds. The van der Waals surface area contributed by atoms with Gasteiger partial charge < -0.3 is 0 Å². The second-order valence-electron chi connectivity index (χ2n) is 2.74. The molecule has 0 saturated carbocycles. The highest BCUT2D eigenvalue weighted by Gasteiger charge is 2.39. The largest absolute Gasteiger partial charge is 0.453 e. The lowest BCUT2D eigenvalue weighted by Crippen LogP contribution is -2.16. The molecule has 0 atom stereocenters. The van der Waals surface area contributed by atoms with Gasteiger partial charge in [0.2, 0.25) is 5.16 Å². The maximum absolute atomic E-state index is 12.3. The van der Waals surface area contributed by atoms with Crippen molar-refractivity contribution in [3.05, 3.63) is 5.82 Å². The van der Waals surface area contributed by atoms with Crippen LogP contribution in [0.3, 0.4) is 0 Å². The molecular formula is C6H5F3N4S. The van der Waals surface area contributed by atoms with Gasteiger partial charge in [0.15, 0.2) is 0 Å². The van der Waals surface area contributed by atoms with E-state index in [1.54, 1.807) is 6.92 Å². The summed E-state index contributed by atoms with van der Waals surface area (Å²) in [6.45, 7) is 1.66. The maximum atomic E-state index is 12.3. The minimum atomic E-state index is -4.51. The molecule has 4 nitrogen and oxygen atoms in total. The van der Waals surface area contributed by atoms with E-state index in [0.717, 1.165) is 4.68 Å². The summed E-state index contributed by atoms with van der Waals surface area (Å²) >= 11 is 1.19. The van der Waals surface area contributed by atoms with E-state index in [1.807, 2.05) is 0 Å². The first-order valence-electron chi connectivity index (χ1n) is 3.68. The Balaban J connectivity index is 2.53. The first-order chi connectivity index (χ1) is 6.48. The molecule has 0 unspecified atom stereocenters. The molecule has 76 valence electrons. The van der Waals surface area contributed by atoms with Crippen LogP contribution in [-0.4, -0.2) is 26.3 Å². The summed E-state index contributed by atoms with van der Waals surface area (Å²) in [6.07, 6.45) is -4.51. The van der Waals surface area contributed by atoms with Crippen molar-refractivity contribution >= 4 is 17.5 Å². The molecule has 0 N–H and O–H groups in total. The topological polar surface area (TPSA) is 43.1 Å². The van der Waals surface area contributed by atoms with E-state index in [0.29, 0.717) is 11.5 Å². The number of alkyl halides is 3. The van der Waals surface area contributed by atoms with Crippen molar-refractivity contribution in [1.82, 2.24) is 14.9 Å². The number of nitrogens with zero attached hydrogens (tertiary/aromatic N) is 4. The molecule has 14 heavy (non-hydrogen) atoms. The molecule has 8 heteroatoms. The van der Waals surface area contributed by atoms with Gasteiger partial charge >= 0.3 is 6.18 Å². The Bertz CT molecular complexity index is 394. The first kappa shape index (κ1) is 9.50. The molecule has 0 aromatic carbocycles. The smallest absolute Gasteiger partial charge is 0.183 e. The summed E-state index contributed by atoms with van der Waals surface area (Å²) in [5, 5.41) is 10.4. The van der Waals surface area contributed by atoms with Crippen LogP contribution in [0.5, 0.6) is 0 Å². The number of halogens is 3. The van der Waals surface area contributed by atoms with E-state index in [-0.39, 0.29) is 5.16 Å². The number of thioether (sulfide) groups is 1. The van der Waals surface area contributed by atoms with Gasteiger partial charge in [-0.15, -0.1) is 10.2 Å². The van der Waals surface area contributed by atoms with E-state index < -0.39 is 12.0 Å². The van der Waals surface area contributed by atoms with Crippen molar-refractivity contribution < 1.29 is 13.2 Å². The molecule has 0 aliphatic carbocycles. The molecule has 2 rings (SSSR count). The predicted molar refractivity (Wildman–Crippen MR) is 44.3 cm³/mol. The van der Waals surface area contributed by atoms with Crippen molar-refractivity contribution in [2.75, 3.05) is 5.75 Å². The van der Waals surface area contributed by atoms with E-state index >= 15 is 0 Å². The number of hydrogen-bond acceptors (Lipinski definition) is 4. The van der Waals surface area contributed by atoms with Crippen molar-refractivity contribution in [3.63, 3.8) is 0 Å². The van der Waals surface area contributed by atoms with E-state index in [4.69, 9.17) is 0 Å². The lowest BCUT2D eigenvalue weighted by Gasteiger charge is -2.11. The summed E-state index contributed by atoms with van der Waals surface area (Å²) < 4.78 is 37.7. The standard InChI is InChI=1S/C6H5F3N4S/c1-3-2-14-5-11-10-4(6(7,8)9)13(5)12-3/h2H2,1H3. The normalized spacial score (nSPS) is 16.4. The highest BCUT2D eigenvalue weighted by atomic mass is 32.2. The van der Waals surface area contributed by atoms with E-state index in [2.05, 4.69) is 15.3 Å². The Kier molecular flexibility index (Phi) is 2.02. The fourth-order valence-corrected chi connectivity index (χ4v) is 1.73. The monoisotopic (exact) mass is 222 g/mol. The Labute approximate surface area is 81.2 Å². The van der Waals surface area contributed by atoms with E-state index in [9.17, 15) is 13.2 Å². The number of rotatable bonds is 0. The number of hydrogen-bond donors (Lipinski definition) is 0. The Morgan fingerprint density at radius 2 is 2.07 bits per heavy atom. The summed E-state index contributed by atoms with van der Waals surface area (Å²) in [5.74, 6) is -0.519. The van der Waals surface area contributed by atoms with Crippen LogP contribution in [0, 0.1) is 0 Å². The van der Waals surface area contributed by atoms with Crippen molar-refractivity contribution in [2.24, 2.45) is 5.10 Å². The van der Waals surface area contributed by atoms with Crippen LogP contribution in [0.2, 0.25) is 0 Å². The molecule has 1 aliphatic rings. The van der Waals surface area contributed by atoms with Crippen LogP contribution in [-0.2, 0) is 6.18 Å². The summed E-state index contributed by atoms with van der Waals surface area (Å²) in [6, 6.07) is 0. The van der Waals surface area contributed by atoms with Crippen molar-refractivity contribution in [3.8, 4) is 0 Å². The fourth-order valence-electron chi connectivity index (χ4n) is 0.991. The third-order valence-electron chi connectivity index (χ3n) is 1.55. The van der Waals surface area contributed by atoms with Gasteiger partial charge in [0, 0.05) is 11.5 Å². The molecule has 1 aliphatic heterocycles. The third-order valence-corrected chi connectivity index (χ3v) is 2.62. The van der Waals surface area contributed by atoms with Crippen LogP contribution < -0.4 is 0 Å². The minimum Gasteiger partial charge on any atom is -0.183 e. The SMILES string of the molecule is CC1=Nn2c(nnc2C(F)(F)F)SC1. The molecule has 1 aromatic rings. The van der Waals surface area contributed by atoms with Gasteiger partial charge in [-0.3, -0.25) is 0 Å². The lowest BCUT2D eigenvalue weighted by molar-refractivity contribution is -0.147. The van der Waals surface area contributed by atoms with Gasteiger partial charge in [-0.2, -0.15) is 22.9 Å². The van der Waals surface area contributed by atoms with Gasteiger partial charge in [0.1, 0.15) is 0 Å². The predicted octanol–water partition coefficient (Wildman–Crippen LogP) is 1.63. The Hall–Kier alpha value is -1.05. The highest BCUT2D eigenvalue weighted by Crippen LogP contribution is 2.31. The Morgan fingerprint density at radius 3 is 2.71 bits per heavy atom. The van der Waals surface area contributed by atoms with Gasteiger partial charge in [-0.1, -0.05) is 11.8 Å². The van der Waals surface area contributed by atoms with E-state index in [1.165, 1.54) is 11.8 Å². The third kappa shape index (κ3) is 1.49. The van der Waals surface area contributed by atoms with Gasteiger partial charge in [0.25, 0.3) is 5.82 Å². The zero-order chi connectivity index (χ0) is 10.3. The molecule has 0 bridgehead atoms. The van der Waals surface area contributed by atoms with Gasteiger partial charge in [0.05, 0.1) is 0 Å². The average molecular weight is 222 g/mol. The molecular weight excluding hydrogens is 217 g/mol. The fraction of sp³-hybridized carbons (Fsp3) is 0.500. The number of fused-ring (bicyclic) bond motifs is 1. The summed E-state index contributed by atoms with van der Waals surface area (Å²) in [7, 11) is 0. The average Bonchev–Trinajstić information content (AvgIpc) is 2.45. The molecule has 2 heterocycles. The quantitative estimate of drug-likeness (QED) is 0.670. The van der Waals surface area contributed by atoms with Crippen molar-refractivity contribution in [1.29, 1.82) is 0 Å². The van der Waals surface area contributed by atoms with Gasteiger partial charge in [-0.25, -0.2) is 0 Å². The highest BCUT2D eigenvalue weighted by molar-refractivity contribution is 7.99. The summed E-state index contributed by atoms with van der Waals surface area (Å²) in [5.41, 5.74) is 0.618. The van der Waals surface area contributed by atoms with Crippen LogP contribution in [0.1, 0.15) is 12.7 Å². The Morgan fingerprint density at radius 1 is 1.36 bits per heavy atom. The van der Waals surface area contributed by atoms with Crippen LogP contribution in [0.4, 0.5) is 13.2 Å². The second-order valence-corrected chi connectivity index (χ2v) is 3.68. The molecule has 0 fully saturated rings. The second kappa shape index (κ2) is 2.97. The minimum absolute atomic E-state index is 0.183. The lowest BCUT2D eigenvalue weighted by atomic mass is 10.5. The van der Waals surface area contributed by atoms with Crippen LogP contribution in [0.15, 0.2) is 10.3 Å². The molecule has 0 radical (unpaired) electrons. The molecule has 0 spiro atoms. The summed E-state index contributed by atoms with van der Waals surface area (Å²) in [4.78, 5) is 0. The van der Waals surface area contributed by atoms with Gasteiger partial charge in [-0.05, 0) is 6.92 Å². The molecule has 1 aromatic heterocycles. The van der Waals surface area contributed by atoms with Crippen LogP contribution >= 0.6 is 11.8 Å². The van der Waals surface area contributed by atoms with Crippen molar-refractivity contribution in [2.45, 2.75) is 18.3 Å². The van der Waals surface area contributed by atoms with Crippen LogP contribution in [0.25, 0.3) is 0 Å². The first-order valence-corrected chi connectivity index (χ1v) is 4.67. The molecule has 0 saturated heterocycles. The zero-order valence-electron chi connectivity index (χ0n) is 7.04. The number of aromatic nitrogens is 3. The zero-order valence-corrected chi connectivity index (χ0v) is 7.85. The maximum Gasteiger partial charge on any atom is 0.453 e.